The Balaban J connectivity index is 1.81. The number of amides is 1. The van der Waals surface area contributed by atoms with Crippen LogP contribution in [0.3, 0.4) is 0 Å². The molecule has 1 aliphatic carbocycles. The van der Waals surface area contributed by atoms with Crippen LogP contribution in [0, 0.1) is 16.7 Å². The smallest absolute Gasteiger partial charge is 0.273 e. The highest BCUT2D eigenvalue weighted by molar-refractivity contribution is 5.98. The molecule has 0 aliphatic heterocycles. The zero-order chi connectivity index (χ0) is 22.4. The van der Waals surface area contributed by atoms with Gasteiger partial charge >= 0.3 is 0 Å². The minimum atomic E-state index is -0.276. The van der Waals surface area contributed by atoms with Crippen molar-refractivity contribution in [2.24, 2.45) is 11.1 Å². The number of rotatable bonds is 6. The number of nitrogens with two attached hydrogens (primary N) is 1. The fourth-order valence-corrected chi connectivity index (χ4v) is 3.22. The fourth-order valence-electron chi connectivity index (χ4n) is 3.22. The number of carbonyl (C=O) groups is 1. The Bertz CT molecular complexity index is 939. The standard InChI is InChI=1S/C21H29N9O/c1-21(2,3)12-26-20(31)19-16(27-14-6-4-13(23)5-7-14)8-17(29-30-19)28-18-11-24-15(9-22)10-25-18/h8,10-11,13-14H,4-7,12,23H2,1-3H3,(H,26,31)(H2,25,27,28,29). The van der Waals surface area contributed by atoms with Gasteiger partial charge in [0.05, 0.1) is 18.1 Å². The van der Waals surface area contributed by atoms with Gasteiger partial charge in [0.2, 0.25) is 0 Å². The molecule has 2 heterocycles. The maximum atomic E-state index is 12.8. The van der Waals surface area contributed by atoms with Crippen LogP contribution in [0.4, 0.5) is 17.3 Å². The molecule has 164 valence electrons. The molecule has 0 atom stereocenters. The van der Waals surface area contributed by atoms with Crippen molar-refractivity contribution < 1.29 is 4.79 Å². The first-order valence-corrected chi connectivity index (χ1v) is 10.4. The Hall–Kier alpha value is -3.32. The minimum absolute atomic E-state index is 0.0497. The second-order valence-corrected chi connectivity index (χ2v) is 9.01. The molecule has 0 radical (unpaired) electrons. The van der Waals surface area contributed by atoms with Crippen molar-refractivity contribution in [2.45, 2.75) is 58.5 Å². The minimum Gasteiger partial charge on any atom is -0.380 e. The normalized spacial score (nSPS) is 18.7. The molecule has 0 spiro atoms. The predicted molar refractivity (Wildman–Crippen MR) is 118 cm³/mol. The molecule has 0 aromatic carbocycles. The fraction of sp³-hybridized carbons (Fsp3) is 0.524. The summed E-state index contributed by atoms with van der Waals surface area (Å²) in [7, 11) is 0. The number of nitrogens with one attached hydrogen (secondary N) is 3. The zero-order valence-corrected chi connectivity index (χ0v) is 18.1. The third-order valence-electron chi connectivity index (χ3n) is 4.94. The maximum Gasteiger partial charge on any atom is 0.273 e. The van der Waals surface area contributed by atoms with Crippen molar-refractivity contribution in [1.82, 2.24) is 25.5 Å². The maximum absolute atomic E-state index is 12.8. The zero-order valence-electron chi connectivity index (χ0n) is 18.1. The highest BCUT2D eigenvalue weighted by atomic mass is 16.1. The van der Waals surface area contributed by atoms with E-state index in [1.165, 1.54) is 12.4 Å². The molecular weight excluding hydrogens is 394 g/mol. The molecule has 0 saturated heterocycles. The van der Waals surface area contributed by atoms with E-state index < -0.39 is 0 Å². The summed E-state index contributed by atoms with van der Waals surface area (Å²) in [6.07, 6.45) is 6.54. The van der Waals surface area contributed by atoms with E-state index in [1.54, 1.807) is 6.07 Å². The van der Waals surface area contributed by atoms with Crippen LogP contribution in [0.2, 0.25) is 0 Å². The summed E-state index contributed by atoms with van der Waals surface area (Å²) in [6.45, 7) is 6.67. The summed E-state index contributed by atoms with van der Waals surface area (Å²) in [5.74, 6) is 0.566. The summed E-state index contributed by atoms with van der Waals surface area (Å²) < 4.78 is 0. The topological polar surface area (TPSA) is 155 Å². The van der Waals surface area contributed by atoms with Crippen LogP contribution in [-0.4, -0.2) is 44.7 Å². The predicted octanol–water partition coefficient (Wildman–Crippen LogP) is 2.34. The van der Waals surface area contributed by atoms with Crippen molar-refractivity contribution in [3.8, 4) is 6.07 Å². The van der Waals surface area contributed by atoms with E-state index in [0.717, 1.165) is 25.7 Å². The summed E-state index contributed by atoms with van der Waals surface area (Å²) in [5.41, 5.74) is 7.04. The number of anilines is 3. The Labute approximate surface area is 182 Å². The largest absolute Gasteiger partial charge is 0.380 e. The average molecular weight is 424 g/mol. The molecule has 5 N–H and O–H groups in total. The van der Waals surface area contributed by atoms with Crippen LogP contribution >= 0.6 is 0 Å². The highest BCUT2D eigenvalue weighted by Crippen LogP contribution is 2.25. The van der Waals surface area contributed by atoms with Crippen LogP contribution < -0.4 is 21.7 Å². The van der Waals surface area contributed by atoms with Gasteiger partial charge in [0.1, 0.15) is 11.9 Å². The SMILES string of the molecule is CC(C)(C)CNC(=O)c1nnc(Nc2cnc(C#N)cn2)cc1NC1CCC(N)CC1. The van der Waals surface area contributed by atoms with E-state index in [2.05, 4.69) is 56.9 Å². The van der Waals surface area contributed by atoms with Gasteiger partial charge in [0.15, 0.2) is 17.2 Å². The summed E-state index contributed by atoms with van der Waals surface area (Å²) in [5, 5.41) is 26.6. The van der Waals surface area contributed by atoms with Crippen LogP contribution in [0.15, 0.2) is 18.5 Å². The van der Waals surface area contributed by atoms with Gasteiger partial charge in [-0.25, -0.2) is 9.97 Å². The number of aromatic nitrogens is 4. The third-order valence-corrected chi connectivity index (χ3v) is 4.94. The molecule has 1 amide bonds. The first-order valence-electron chi connectivity index (χ1n) is 10.4. The first-order chi connectivity index (χ1) is 14.7. The quantitative estimate of drug-likeness (QED) is 0.548. The second kappa shape index (κ2) is 9.66. The summed E-state index contributed by atoms with van der Waals surface area (Å²) in [6, 6.07) is 4.11. The molecule has 1 saturated carbocycles. The molecule has 31 heavy (non-hydrogen) atoms. The van der Waals surface area contributed by atoms with Crippen molar-refractivity contribution in [2.75, 3.05) is 17.2 Å². The monoisotopic (exact) mass is 423 g/mol. The van der Waals surface area contributed by atoms with Gasteiger partial charge in [-0.2, -0.15) is 5.26 Å². The lowest BCUT2D eigenvalue weighted by Crippen LogP contribution is -2.35. The Morgan fingerprint density at radius 1 is 1.16 bits per heavy atom. The molecule has 0 unspecified atom stereocenters. The van der Waals surface area contributed by atoms with Crippen LogP contribution in [-0.2, 0) is 0 Å². The van der Waals surface area contributed by atoms with Gasteiger partial charge in [-0.05, 0) is 31.1 Å². The highest BCUT2D eigenvalue weighted by Gasteiger charge is 2.23. The molecule has 2 aromatic rings. The van der Waals surface area contributed by atoms with Crippen molar-refractivity contribution in [3.05, 3.63) is 29.8 Å². The molecule has 1 fully saturated rings. The van der Waals surface area contributed by atoms with Gasteiger partial charge in [-0.3, -0.25) is 4.79 Å². The van der Waals surface area contributed by atoms with E-state index in [1.807, 2.05) is 6.07 Å². The number of hydrogen-bond donors (Lipinski definition) is 4. The Morgan fingerprint density at radius 3 is 2.52 bits per heavy atom. The molecule has 10 heteroatoms. The van der Waals surface area contributed by atoms with Gasteiger partial charge in [-0.15, -0.1) is 10.2 Å². The lowest BCUT2D eigenvalue weighted by atomic mass is 9.91. The van der Waals surface area contributed by atoms with Crippen LogP contribution in [0.25, 0.3) is 0 Å². The van der Waals surface area contributed by atoms with Gasteiger partial charge in [0, 0.05) is 24.7 Å². The van der Waals surface area contributed by atoms with Gasteiger partial charge in [-0.1, -0.05) is 20.8 Å². The van der Waals surface area contributed by atoms with Gasteiger partial charge < -0.3 is 21.7 Å². The summed E-state index contributed by atoms with van der Waals surface area (Å²) in [4.78, 5) is 20.9. The first kappa shape index (κ1) is 22.4. The molecule has 2 aromatic heterocycles. The van der Waals surface area contributed by atoms with Crippen molar-refractivity contribution in [1.29, 1.82) is 5.26 Å². The average Bonchev–Trinajstić information content (AvgIpc) is 2.74. The Kier molecular flexibility index (Phi) is 6.97. The lowest BCUT2D eigenvalue weighted by molar-refractivity contribution is 0.0934. The van der Waals surface area contributed by atoms with E-state index in [9.17, 15) is 4.79 Å². The van der Waals surface area contributed by atoms with Crippen LogP contribution in [0.1, 0.15) is 62.6 Å². The van der Waals surface area contributed by atoms with Crippen molar-refractivity contribution in [3.63, 3.8) is 0 Å². The Morgan fingerprint density at radius 2 is 1.90 bits per heavy atom. The lowest BCUT2D eigenvalue weighted by Gasteiger charge is -2.28. The molecule has 3 rings (SSSR count). The number of nitriles is 1. The van der Waals surface area contributed by atoms with Gasteiger partial charge in [0.25, 0.3) is 5.91 Å². The molecule has 1 aliphatic rings. The van der Waals surface area contributed by atoms with E-state index in [0.29, 0.717) is 23.9 Å². The summed E-state index contributed by atoms with van der Waals surface area (Å²) >= 11 is 0. The molecule has 0 bridgehead atoms. The van der Waals surface area contributed by atoms with Crippen LogP contribution in [0.5, 0.6) is 0 Å². The third kappa shape index (κ3) is 6.58. The molecule has 10 nitrogen and oxygen atoms in total. The van der Waals surface area contributed by atoms with Crippen molar-refractivity contribution >= 4 is 23.2 Å². The number of hydrogen-bond acceptors (Lipinski definition) is 9. The molecular formula is C21H29N9O. The number of nitrogens with zero attached hydrogens (tertiary/aromatic N) is 5. The van der Waals surface area contributed by atoms with E-state index in [-0.39, 0.29) is 34.8 Å². The van der Waals surface area contributed by atoms with E-state index in [4.69, 9.17) is 11.0 Å². The number of carbonyl (C=O) groups excluding carboxylic acids is 1. The van der Waals surface area contributed by atoms with E-state index >= 15 is 0 Å². The second-order valence-electron chi connectivity index (χ2n) is 9.01.